The number of carbonyl (C=O) groups excluding carboxylic acids is 2. The first-order chi connectivity index (χ1) is 18.7. The predicted octanol–water partition coefficient (Wildman–Crippen LogP) is 8.54. The number of rotatable bonds is 5. The third-order valence-corrected chi connectivity index (χ3v) is 6.04. The molecule has 41 heavy (non-hydrogen) atoms. The van der Waals surface area contributed by atoms with E-state index in [0.717, 1.165) is 42.5 Å². The van der Waals surface area contributed by atoms with Crippen molar-refractivity contribution < 1.29 is 62.3 Å². The average molecular weight is 667 g/mol. The van der Waals surface area contributed by atoms with E-state index in [-0.39, 0.29) is 11.6 Å². The molecule has 3 aromatic rings. The van der Waals surface area contributed by atoms with Crippen molar-refractivity contribution in [1.29, 1.82) is 0 Å². The van der Waals surface area contributed by atoms with Crippen molar-refractivity contribution in [3.8, 4) is 0 Å². The van der Waals surface area contributed by atoms with Crippen molar-refractivity contribution >= 4 is 39.1 Å². The Morgan fingerprint density at radius 2 is 1.27 bits per heavy atom. The van der Waals surface area contributed by atoms with E-state index in [1.807, 2.05) is 5.32 Å². The van der Waals surface area contributed by atoms with Crippen LogP contribution >= 0.6 is 15.9 Å². The molecule has 0 aliphatic heterocycles. The van der Waals surface area contributed by atoms with Crippen LogP contribution in [-0.2, 0) is 11.8 Å². The first kappa shape index (κ1) is 31.8. The van der Waals surface area contributed by atoms with Gasteiger partial charge in [-0.25, -0.2) is 13.2 Å². The van der Waals surface area contributed by atoms with E-state index >= 15 is 4.39 Å². The maximum absolute atomic E-state index is 15.0. The molecule has 220 valence electrons. The molecular formula is C24H11BrF12N2O2. The van der Waals surface area contributed by atoms with Crippen LogP contribution in [0.1, 0.15) is 31.8 Å². The van der Waals surface area contributed by atoms with Gasteiger partial charge in [-0.1, -0.05) is 6.07 Å². The zero-order valence-electron chi connectivity index (χ0n) is 19.4. The highest BCUT2D eigenvalue weighted by Gasteiger charge is 2.73. The zero-order chi connectivity index (χ0) is 31.1. The lowest BCUT2D eigenvalue weighted by Gasteiger charge is -2.31. The molecule has 0 bridgehead atoms. The number of hydrogen-bond donors (Lipinski definition) is 2. The van der Waals surface area contributed by atoms with Gasteiger partial charge in [0, 0.05) is 15.6 Å². The Bertz CT molecular complexity index is 1470. The molecule has 2 N–H and O–H groups in total. The van der Waals surface area contributed by atoms with Crippen molar-refractivity contribution in [3.05, 3.63) is 93.0 Å². The number of anilines is 2. The Hall–Kier alpha value is -3.76. The van der Waals surface area contributed by atoms with Crippen molar-refractivity contribution in [2.45, 2.75) is 24.2 Å². The standard InChI is InChI=1S/C24H11BrF12N2O2/c25-15-9-11(21(28,23(32,33)34)24(35,36)37)8-14(22(29,30)31)18(15)39-20(41)13-2-1-3-16(17(13)27)38-19(40)10-4-6-12(26)7-5-10/h1-9H,(H,38,40)(H,39,41). The third kappa shape index (κ3) is 6.28. The Morgan fingerprint density at radius 3 is 1.78 bits per heavy atom. The molecule has 2 amide bonds. The van der Waals surface area contributed by atoms with Crippen LogP contribution in [0.2, 0.25) is 0 Å². The second-order valence-electron chi connectivity index (χ2n) is 8.11. The van der Waals surface area contributed by atoms with Gasteiger partial charge in [-0.15, -0.1) is 0 Å². The summed E-state index contributed by atoms with van der Waals surface area (Å²) in [5.74, 6) is -4.86. The normalized spacial score (nSPS) is 12.7. The monoisotopic (exact) mass is 666 g/mol. The number of benzene rings is 3. The lowest BCUT2D eigenvalue weighted by molar-refractivity contribution is -0.348. The highest BCUT2D eigenvalue weighted by Crippen LogP contribution is 2.55. The summed E-state index contributed by atoms with van der Waals surface area (Å²) in [6.45, 7) is 0. The Morgan fingerprint density at radius 1 is 0.707 bits per heavy atom. The molecule has 3 rings (SSSR count). The molecule has 0 aliphatic carbocycles. The molecule has 0 heterocycles. The SMILES string of the molecule is O=C(Nc1cccc(C(=O)Nc2c(Br)cc(C(F)(C(F)(F)F)C(F)(F)F)cc2C(F)(F)F)c1F)c1ccc(F)cc1. The maximum atomic E-state index is 15.0. The minimum Gasteiger partial charge on any atom is -0.320 e. The summed E-state index contributed by atoms with van der Waals surface area (Å²) in [6, 6.07) is 5.48. The van der Waals surface area contributed by atoms with Crippen LogP contribution in [0.25, 0.3) is 0 Å². The van der Waals surface area contributed by atoms with Gasteiger partial charge in [0.2, 0.25) is 0 Å². The largest absolute Gasteiger partial charge is 0.435 e. The molecule has 0 aromatic heterocycles. The molecule has 17 heteroatoms. The molecule has 0 saturated carbocycles. The first-order valence-electron chi connectivity index (χ1n) is 10.6. The van der Waals surface area contributed by atoms with Crippen LogP contribution < -0.4 is 10.6 Å². The van der Waals surface area contributed by atoms with Crippen LogP contribution in [0.5, 0.6) is 0 Å². The first-order valence-corrected chi connectivity index (χ1v) is 11.4. The fourth-order valence-electron chi connectivity index (χ4n) is 3.42. The molecule has 0 radical (unpaired) electrons. The minimum absolute atomic E-state index is 0.152. The molecule has 0 atom stereocenters. The number of nitrogens with one attached hydrogen (secondary N) is 2. The van der Waals surface area contributed by atoms with Gasteiger partial charge in [0.1, 0.15) is 5.82 Å². The lowest BCUT2D eigenvalue weighted by Crippen LogP contribution is -2.50. The minimum atomic E-state index is -6.74. The van der Waals surface area contributed by atoms with Crippen LogP contribution in [0.4, 0.5) is 64.1 Å². The van der Waals surface area contributed by atoms with Gasteiger partial charge < -0.3 is 10.6 Å². The van der Waals surface area contributed by atoms with Crippen molar-refractivity contribution in [1.82, 2.24) is 0 Å². The molecule has 0 unspecified atom stereocenters. The summed E-state index contributed by atoms with van der Waals surface area (Å²) in [5, 5.41) is 3.58. The van der Waals surface area contributed by atoms with Gasteiger partial charge >= 0.3 is 24.2 Å². The molecule has 3 aromatic carbocycles. The molecule has 4 nitrogen and oxygen atoms in total. The number of alkyl halides is 10. The lowest BCUT2D eigenvalue weighted by atomic mass is 9.92. The maximum Gasteiger partial charge on any atom is 0.435 e. The summed E-state index contributed by atoms with van der Waals surface area (Å²) in [6.07, 6.45) is -19.2. The van der Waals surface area contributed by atoms with Crippen LogP contribution in [-0.4, -0.2) is 24.2 Å². The summed E-state index contributed by atoms with van der Waals surface area (Å²) in [5.41, 5.74) is -14.3. The van der Waals surface area contributed by atoms with Gasteiger partial charge in [-0.05, 0) is 64.5 Å². The fraction of sp³-hybridized carbons (Fsp3) is 0.167. The van der Waals surface area contributed by atoms with E-state index in [0.29, 0.717) is 0 Å². The van der Waals surface area contributed by atoms with Crippen LogP contribution in [0.15, 0.2) is 59.1 Å². The van der Waals surface area contributed by atoms with E-state index in [1.54, 1.807) is 0 Å². The fourth-order valence-corrected chi connectivity index (χ4v) is 3.98. The van der Waals surface area contributed by atoms with Gasteiger partial charge in [0.15, 0.2) is 5.82 Å². The number of halogens is 13. The van der Waals surface area contributed by atoms with Crippen molar-refractivity contribution in [2.24, 2.45) is 0 Å². The molecule has 0 spiro atoms. The van der Waals surface area contributed by atoms with Gasteiger partial charge in [0.05, 0.1) is 22.5 Å². The van der Waals surface area contributed by atoms with E-state index in [1.165, 1.54) is 5.32 Å². The van der Waals surface area contributed by atoms with E-state index in [2.05, 4.69) is 15.9 Å². The number of carbonyl (C=O) groups is 2. The summed E-state index contributed by atoms with van der Waals surface area (Å²) < 4.78 is 161. The second-order valence-corrected chi connectivity index (χ2v) is 8.97. The van der Waals surface area contributed by atoms with Gasteiger partial charge in [0.25, 0.3) is 11.8 Å². The van der Waals surface area contributed by atoms with Gasteiger partial charge in [-0.3, -0.25) is 9.59 Å². The summed E-state index contributed by atoms with van der Waals surface area (Å²) in [4.78, 5) is 25.0. The zero-order valence-corrected chi connectivity index (χ0v) is 21.0. The highest BCUT2D eigenvalue weighted by atomic mass is 79.9. The summed E-state index contributed by atoms with van der Waals surface area (Å²) in [7, 11) is 0. The smallest absolute Gasteiger partial charge is 0.320 e. The van der Waals surface area contributed by atoms with Gasteiger partial charge in [-0.2, -0.15) is 39.5 Å². The molecule has 0 saturated heterocycles. The molecule has 0 fully saturated rings. The van der Waals surface area contributed by atoms with E-state index in [9.17, 15) is 57.9 Å². The highest BCUT2D eigenvalue weighted by molar-refractivity contribution is 9.10. The Kier molecular flexibility index (Phi) is 8.45. The second kappa shape index (κ2) is 10.9. The van der Waals surface area contributed by atoms with Crippen LogP contribution in [0, 0.1) is 11.6 Å². The predicted molar refractivity (Wildman–Crippen MR) is 123 cm³/mol. The Balaban J connectivity index is 2.04. The average Bonchev–Trinajstić information content (AvgIpc) is 2.84. The van der Waals surface area contributed by atoms with Crippen molar-refractivity contribution in [3.63, 3.8) is 0 Å². The van der Waals surface area contributed by atoms with Crippen LogP contribution in [0.3, 0.4) is 0 Å². The third-order valence-electron chi connectivity index (χ3n) is 5.41. The Labute approximate surface area is 229 Å². The number of hydrogen-bond acceptors (Lipinski definition) is 2. The van der Waals surface area contributed by atoms with E-state index < -0.39 is 86.3 Å². The quantitative estimate of drug-likeness (QED) is 0.268. The molecule has 0 aliphatic rings. The molecular weight excluding hydrogens is 656 g/mol. The number of amides is 2. The van der Waals surface area contributed by atoms with Crippen molar-refractivity contribution in [2.75, 3.05) is 10.6 Å². The topological polar surface area (TPSA) is 58.2 Å². The summed E-state index contributed by atoms with van der Waals surface area (Å²) >= 11 is 2.32. The van der Waals surface area contributed by atoms with E-state index in [4.69, 9.17) is 0 Å².